The minimum atomic E-state index is 1.12. The lowest BCUT2D eigenvalue weighted by Crippen LogP contribution is -2.11. The van der Waals surface area contributed by atoms with Crippen molar-refractivity contribution in [1.82, 2.24) is 0 Å². The zero-order chi connectivity index (χ0) is 35.6. The Balaban J connectivity index is 1.24. The molecule has 54 heavy (non-hydrogen) atoms. The summed E-state index contributed by atoms with van der Waals surface area (Å²) in [4.78, 5) is 2.50. The minimum Gasteiger partial charge on any atom is -0.310 e. The highest BCUT2D eigenvalue weighted by atomic mass is 32.1. The molecule has 0 saturated carbocycles. The Morgan fingerprint density at radius 3 is 1.80 bits per heavy atom. The molecule has 0 aliphatic heterocycles. The van der Waals surface area contributed by atoms with Crippen molar-refractivity contribution in [1.29, 1.82) is 0 Å². The molecule has 0 amide bonds. The van der Waals surface area contributed by atoms with Crippen molar-refractivity contribution in [3.8, 4) is 22.3 Å². The van der Waals surface area contributed by atoms with Gasteiger partial charge in [-0.05, 0) is 108 Å². The monoisotopic (exact) mass is 703 g/mol. The van der Waals surface area contributed by atoms with Gasteiger partial charge in [-0.25, -0.2) is 0 Å². The first-order valence-electron chi connectivity index (χ1n) is 18.5. The third-order valence-corrected chi connectivity index (χ3v) is 12.2. The number of rotatable bonds is 5. The fourth-order valence-electron chi connectivity index (χ4n) is 8.53. The Kier molecular flexibility index (Phi) is 7.11. The van der Waals surface area contributed by atoms with Gasteiger partial charge in [-0.3, -0.25) is 0 Å². The normalized spacial score (nSPS) is 11.7. The molecule has 0 fully saturated rings. The molecule has 0 aliphatic carbocycles. The van der Waals surface area contributed by atoms with Crippen molar-refractivity contribution >= 4 is 91.7 Å². The molecule has 1 nitrogen and oxygen atoms in total. The zero-order valence-electron chi connectivity index (χ0n) is 29.4. The van der Waals surface area contributed by atoms with Crippen LogP contribution in [0.2, 0.25) is 0 Å². The van der Waals surface area contributed by atoms with Crippen LogP contribution in [0.15, 0.2) is 200 Å². The second kappa shape index (κ2) is 12.4. The van der Waals surface area contributed by atoms with Crippen LogP contribution in [0, 0.1) is 0 Å². The van der Waals surface area contributed by atoms with Crippen LogP contribution in [0.4, 0.5) is 17.1 Å². The van der Waals surface area contributed by atoms with Gasteiger partial charge in [0.05, 0.1) is 5.69 Å². The fraction of sp³-hybridized carbons (Fsp3) is 0. The van der Waals surface area contributed by atoms with Gasteiger partial charge in [0.1, 0.15) is 0 Å². The second-order valence-electron chi connectivity index (χ2n) is 14.1. The predicted molar refractivity (Wildman–Crippen MR) is 235 cm³/mol. The van der Waals surface area contributed by atoms with E-state index in [0.717, 1.165) is 11.4 Å². The van der Waals surface area contributed by atoms with E-state index in [9.17, 15) is 0 Å². The average Bonchev–Trinajstić information content (AvgIpc) is 3.64. The largest absolute Gasteiger partial charge is 0.310 e. The summed E-state index contributed by atoms with van der Waals surface area (Å²) in [6.45, 7) is 0. The molecule has 0 bridgehead atoms. The van der Waals surface area contributed by atoms with Gasteiger partial charge in [-0.2, -0.15) is 0 Å². The van der Waals surface area contributed by atoms with E-state index < -0.39 is 0 Å². The van der Waals surface area contributed by atoms with E-state index in [1.54, 1.807) is 0 Å². The molecule has 2 heteroatoms. The Labute approximate surface area is 317 Å². The van der Waals surface area contributed by atoms with Crippen molar-refractivity contribution in [3.63, 3.8) is 0 Å². The quantitative estimate of drug-likeness (QED) is 0.161. The summed E-state index contributed by atoms with van der Waals surface area (Å²) in [5.41, 5.74) is 8.27. The molecule has 1 aromatic heterocycles. The van der Waals surface area contributed by atoms with E-state index in [4.69, 9.17) is 0 Å². The smallest absolute Gasteiger partial charge is 0.0554 e. The Hall–Kier alpha value is -6.74. The summed E-state index contributed by atoms with van der Waals surface area (Å²) in [7, 11) is 0. The number of hydrogen-bond donors (Lipinski definition) is 0. The van der Waals surface area contributed by atoms with Crippen LogP contribution in [0.5, 0.6) is 0 Å². The highest BCUT2D eigenvalue weighted by molar-refractivity contribution is 7.26. The molecule has 0 spiro atoms. The van der Waals surface area contributed by atoms with Crippen molar-refractivity contribution in [2.45, 2.75) is 0 Å². The Morgan fingerprint density at radius 1 is 0.333 bits per heavy atom. The number of hydrogen-bond acceptors (Lipinski definition) is 2. The van der Waals surface area contributed by atoms with Crippen LogP contribution < -0.4 is 4.90 Å². The van der Waals surface area contributed by atoms with Crippen molar-refractivity contribution in [2.24, 2.45) is 0 Å². The molecular formula is C52H33NS. The van der Waals surface area contributed by atoms with Crippen LogP contribution in [0.3, 0.4) is 0 Å². The maximum atomic E-state index is 2.50. The number of benzene rings is 10. The van der Waals surface area contributed by atoms with Crippen molar-refractivity contribution in [2.75, 3.05) is 4.90 Å². The SMILES string of the molecule is c1ccc(-c2cccc(N(c3cc(-c4cc5ccccc5c5ccccc45)c4ccccc4c3)c3cccc4sc5c6ccccc6ccc5c34)c2)cc1. The molecule has 0 radical (unpaired) electrons. The predicted octanol–water partition coefficient (Wildman–Crippen LogP) is 15.5. The molecule has 252 valence electrons. The summed E-state index contributed by atoms with van der Waals surface area (Å²) < 4.78 is 2.61. The van der Waals surface area contributed by atoms with E-state index in [-0.39, 0.29) is 0 Å². The van der Waals surface area contributed by atoms with Gasteiger partial charge in [-0.15, -0.1) is 11.3 Å². The molecule has 1 heterocycles. The van der Waals surface area contributed by atoms with Gasteiger partial charge in [0.25, 0.3) is 0 Å². The molecule has 0 atom stereocenters. The van der Waals surface area contributed by atoms with Gasteiger partial charge in [0.2, 0.25) is 0 Å². The van der Waals surface area contributed by atoms with Crippen LogP contribution >= 0.6 is 11.3 Å². The first kappa shape index (κ1) is 30.8. The lowest BCUT2D eigenvalue weighted by molar-refractivity contribution is 1.31. The maximum Gasteiger partial charge on any atom is 0.0554 e. The van der Waals surface area contributed by atoms with Gasteiger partial charge < -0.3 is 4.90 Å². The van der Waals surface area contributed by atoms with Crippen LogP contribution in [-0.4, -0.2) is 0 Å². The Bertz CT molecular complexity index is 3230. The van der Waals surface area contributed by atoms with Gasteiger partial charge in [-0.1, -0.05) is 158 Å². The van der Waals surface area contributed by atoms with E-state index in [1.807, 2.05) is 11.3 Å². The summed E-state index contributed by atoms with van der Waals surface area (Å²) >= 11 is 1.89. The summed E-state index contributed by atoms with van der Waals surface area (Å²) in [6.07, 6.45) is 0. The maximum absolute atomic E-state index is 2.50. The van der Waals surface area contributed by atoms with Crippen molar-refractivity contribution < 1.29 is 0 Å². The van der Waals surface area contributed by atoms with Crippen LogP contribution in [-0.2, 0) is 0 Å². The van der Waals surface area contributed by atoms with Crippen LogP contribution in [0.1, 0.15) is 0 Å². The third-order valence-electron chi connectivity index (χ3n) is 11.0. The number of anilines is 3. The molecule has 0 unspecified atom stereocenters. The van der Waals surface area contributed by atoms with E-state index in [2.05, 4.69) is 205 Å². The second-order valence-corrected chi connectivity index (χ2v) is 15.1. The lowest BCUT2D eigenvalue weighted by atomic mass is 9.90. The highest BCUT2D eigenvalue weighted by Gasteiger charge is 2.22. The number of fused-ring (bicyclic) bond motifs is 9. The summed E-state index contributed by atoms with van der Waals surface area (Å²) in [6, 6.07) is 73.6. The molecule has 10 aromatic carbocycles. The van der Waals surface area contributed by atoms with E-state index >= 15 is 0 Å². The highest BCUT2D eigenvalue weighted by Crippen LogP contribution is 2.49. The summed E-state index contributed by atoms with van der Waals surface area (Å²) in [5.74, 6) is 0. The molecule has 0 N–H and O–H groups in total. The molecule has 11 aromatic rings. The number of thiophene rings is 1. The van der Waals surface area contributed by atoms with Crippen molar-refractivity contribution in [3.05, 3.63) is 200 Å². The van der Waals surface area contributed by atoms with Crippen LogP contribution in [0.25, 0.3) is 85.5 Å². The number of nitrogens with zero attached hydrogens (tertiary/aromatic N) is 1. The molecule has 11 rings (SSSR count). The van der Waals surface area contributed by atoms with E-state index in [0.29, 0.717) is 0 Å². The topological polar surface area (TPSA) is 3.24 Å². The molecule has 0 aliphatic rings. The lowest BCUT2D eigenvalue weighted by Gasteiger charge is -2.28. The first-order chi connectivity index (χ1) is 26.8. The van der Waals surface area contributed by atoms with E-state index in [1.165, 1.54) is 91.2 Å². The van der Waals surface area contributed by atoms with Gasteiger partial charge in [0, 0.05) is 31.5 Å². The summed E-state index contributed by atoms with van der Waals surface area (Å²) in [5, 5.41) is 12.6. The molecule has 0 saturated heterocycles. The average molecular weight is 704 g/mol. The zero-order valence-corrected chi connectivity index (χ0v) is 30.2. The standard InChI is InChI=1S/C52H33NS/c1-2-14-34(15-3-1)36-19-12-20-39(30-36)53(49-26-13-27-50-51(49)46-29-28-35-16-4-9-23-43(35)52(46)54-50)40-31-37-17-5-8-22-42(37)48(33-40)47-32-38-18-6-7-21-41(38)44-24-10-11-25-45(44)47/h1-33H. The molecular weight excluding hydrogens is 671 g/mol. The van der Waals surface area contributed by atoms with Gasteiger partial charge in [0.15, 0.2) is 0 Å². The third kappa shape index (κ3) is 4.92. The minimum absolute atomic E-state index is 1.12. The van der Waals surface area contributed by atoms with Gasteiger partial charge >= 0.3 is 0 Å². The fourth-order valence-corrected chi connectivity index (χ4v) is 9.79. The first-order valence-corrected chi connectivity index (χ1v) is 19.3. The Morgan fingerprint density at radius 2 is 0.963 bits per heavy atom.